The summed E-state index contributed by atoms with van der Waals surface area (Å²) in [6.45, 7) is 6.31. The van der Waals surface area contributed by atoms with Crippen LogP contribution in [0.25, 0.3) is 0 Å². The molecule has 0 bridgehead atoms. The van der Waals surface area contributed by atoms with Crippen LogP contribution in [0.15, 0.2) is 23.5 Å². The van der Waals surface area contributed by atoms with Crippen LogP contribution in [0.4, 0.5) is 0 Å². The van der Waals surface area contributed by atoms with Gasteiger partial charge in [-0.05, 0) is 25.3 Å². The normalized spacial score (nSPS) is 13.8. The smallest absolute Gasteiger partial charge is 0.213 e. The third-order valence-electron chi connectivity index (χ3n) is 2.27. The van der Waals surface area contributed by atoms with Crippen LogP contribution in [0.5, 0.6) is 5.88 Å². The van der Waals surface area contributed by atoms with Crippen molar-refractivity contribution in [3.8, 4) is 5.88 Å². The molecule has 5 heteroatoms. The molecule has 0 radical (unpaired) electrons. The monoisotopic (exact) mass is 237 g/mol. The Kier molecular flexibility index (Phi) is 4.75. The number of aromatic nitrogens is 1. The zero-order valence-corrected chi connectivity index (χ0v) is 10.4. The molecule has 1 aromatic rings. The Bertz CT molecular complexity index is 374. The maximum Gasteiger partial charge on any atom is 0.213 e. The Labute approximate surface area is 101 Å². The van der Waals surface area contributed by atoms with Gasteiger partial charge in [-0.1, -0.05) is 19.0 Å². The largest absolute Gasteiger partial charge is 0.475 e. The highest BCUT2D eigenvalue weighted by Gasteiger charge is 2.08. The zero-order valence-electron chi connectivity index (χ0n) is 10.4. The number of rotatable bonds is 5. The van der Waals surface area contributed by atoms with Crippen LogP contribution >= 0.6 is 0 Å². The summed E-state index contributed by atoms with van der Waals surface area (Å²) in [6.07, 6.45) is 2.62. The molecule has 1 aromatic heterocycles. The first-order valence-electron chi connectivity index (χ1n) is 5.63. The standard InChI is InChI=1S/C12H19N3O2/c1-8(2)6-9(3)17-11-5-4-10(7-14-11)12(13)15-16/h4-5,7-9,16H,6H2,1-3H3,(H2,13,15). The predicted octanol–water partition coefficient (Wildman–Crippen LogP) is 1.99. The van der Waals surface area contributed by atoms with Gasteiger partial charge >= 0.3 is 0 Å². The Morgan fingerprint density at radius 1 is 1.47 bits per heavy atom. The maximum atomic E-state index is 8.51. The summed E-state index contributed by atoms with van der Waals surface area (Å²) < 4.78 is 5.64. The van der Waals surface area contributed by atoms with E-state index in [2.05, 4.69) is 24.0 Å². The second-order valence-corrected chi connectivity index (χ2v) is 4.43. The number of nitrogens with two attached hydrogens (primary N) is 1. The van der Waals surface area contributed by atoms with Crippen molar-refractivity contribution in [2.24, 2.45) is 16.8 Å². The van der Waals surface area contributed by atoms with Crippen molar-refractivity contribution in [3.05, 3.63) is 23.9 Å². The van der Waals surface area contributed by atoms with Crippen LogP contribution in [-0.4, -0.2) is 22.1 Å². The van der Waals surface area contributed by atoms with E-state index in [0.717, 1.165) is 6.42 Å². The van der Waals surface area contributed by atoms with Crippen LogP contribution in [0, 0.1) is 5.92 Å². The first-order chi connectivity index (χ1) is 8.02. The minimum atomic E-state index is 0.0410. The molecular formula is C12H19N3O2. The van der Waals surface area contributed by atoms with Gasteiger partial charge in [0.2, 0.25) is 5.88 Å². The Morgan fingerprint density at radius 3 is 2.65 bits per heavy atom. The number of pyridine rings is 1. The molecule has 0 fully saturated rings. The van der Waals surface area contributed by atoms with Crippen molar-refractivity contribution >= 4 is 5.84 Å². The highest BCUT2D eigenvalue weighted by atomic mass is 16.5. The fraction of sp³-hybridized carbons (Fsp3) is 0.500. The van der Waals surface area contributed by atoms with E-state index in [0.29, 0.717) is 17.4 Å². The lowest BCUT2D eigenvalue weighted by Gasteiger charge is -2.15. The summed E-state index contributed by atoms with van der Waals surface area (Å²) >= 11 is 0. The lowest BCUT2D eigenvalue weighted by atomic mass is 10.1. The molecule has 0 spiro atoms. The third kappa shape index (κ3) is 4.30. The first kappa shape index (κ1) is 13.3. The van der Waals surface area contributed by atoms with Crippen molar-refractivity contribution < 1.29 is 9.94 Å². The molecule has 17 heavy (non-hydrogen) atoms. The molecule has 3 N–H and O–H groups in total. The van der Waals surface area contributed by atoms with Crippen molar-refractivity contribution in [2.45, 2.75) is 33.3 Å². The summed E-state index contributed by atoms with van der Waals surface area (Å²) in [5, 5.41) is 11.4. The molecule has 0 aliphatic heterocycles. The average molecular weight is 237 g/mol. The topological polar surface area (TPSA) is 80.7 Å². The second-order valence-electron chi connectivity index (χ2n) is 4.43. The summed E-state index contributed by atoms with van der Waals surface area (Å²) in [6, 6.07) is 3.42. The van der Waals surface area contributed by atoms with Gasteiger partial charge in [0, 0.05) is 17.8 Å². The number of hydrogen-bond donors (Lipinski definition) is 2. The highest BCUT2D eigenvalue weighted by Crippen LogP contribution is 2.13. The molecule has 0 aromatic carbocycles. The average Bonchev–Trinajstić information content (AvgIpc) is 2.28. The van der Waals surface area contributed by atoms with Crippen LogP contribution in [0.1, 0.15) is 32.8 Å². The maximum absolute atomic E-state index is 8.51. The van der Waals surface area contributed by atoms with Gasteiger partial charge in [0.25, 0.3) is 0 Å². The van der Waals surface area contributed by atoms with Gasteiger partial charge in [-0.3, -0.25) is 0 Å². The number of nitrogens with zero attached hydrogens (tertiary/aromatic N) is 2. The zero-order chi connectivity index (χ0) is 12.8. The molecule has 0 amide bonds. The van der Waals surface area contributed by atoms with E-state index in [1.54, 1.807) is 12.1 Å². The molecule has 1 atom stereocenters. The summed E-state index contributed by atoms with van der Waals surface area (Å²) in [5.41, 5.74) is 6.00. The number of amidine groups is 1. The minimum Gasteiger partial charge on any atom is -0.475 e. The van der Waals surface area contributed by atoms with Gasteiger partial charge in [-0.2, -0.15) is 0 Å². The third-order valence-corrected chi connectivity index (χ3v) is 2.27. The molecule has 0 aliphatic carbocycles. The molecule has 94 valence electrons. The van der Waals surface area contributed by atoms with Crippen LogP contribution in [-0.2, 0) is 0 Å². The lowest BCUT2D eigenvalue weighted by Crippen LogP contribution is -2.16. The molecule has 1 heterocycles. The van der Waals surface area contributed by atoms with E-state index >= 15 is 0 Å². The summed E-state index contributed by atoms with van der Waals surface area (Å²) in [4.78, 5) is 4.10. The van der Waals surface area contributed by atoms with Gasteiger partial charge in [-0.25, -0.2) is 4.98 Å². The van der Waals surface area contributed by atoms with Crippen molar-refractivity contribution in [3.63, 3.8) is 0 Å². The van der Waals surface area contributed by atoms with Crippen molar-refractivity contribution in [1.29, 1.82) is 0 Å². The van der Waals surface area contributed by atoms with Gasteiger partial charge in [0.15, 0.2) is 5.84 Å². The summed E-state index contributed by atoms with van der Waals surface area (Å²) in [7, 11) is 0. The van der Waals surface area contributed by atoms with Crippen LogP contribution in [0.2, 0.25) is 0 Å². The van der Waals surface area contributed by atoms with E-state index in [1.807, 2.05) is 6.92 Å². The molecule has 0 saturated carbocycles. The van der Waals surface area contributed by atoms with Gasteiger partial charge in [0.05, 0.1) is 6.10 Å². The Balaban J connectivity index is 2.62. The van der Waals surface area contributed by atoms with Crippen molar-refractivity contribution in [2.75, 3.05) is 0 Å². The minimum absolute atomic E-state index is 0.0410. The number of hydrogen-bond acceptors (Lipinski definition) is 4. The SMILES string of the molecule is CC(C)CC(C)Oc1ccc(/C(N)=N/O)cn1. The van der Waals surface area contributed by atoms with Crippen molar-refractivity contribution in [1.82, 2.24) is 4.98 Å². The number of ether oxygens (including phenoxy) is 1. The Hall–Kier alpha value is -1.78. The van der Waals surface area contributed by atoms with Crippen LogP contribution < -0.4 is 10.5 Å². The fourth-order valence-electron chi connectivity index (χ4n) is 1.58. The molecule has 1 rings (SSSR count). The molecule has 5 nitrogen and oxygen atoms in total. The summed E-state index contributed by atoms with van der Waals surface area (Å²) in [5.74, 6) is 1.17. The lowest BCUT2D eigenvalue weighted by molar-refractivity contribution is 0.185. The van der Waals surface area contributed by atoms with Crippen LogP contribution in [0.3, 0.4) is 0 Å². The fourth-order valence-corrected chi connectivity index (χ4v) is 1.58. The quantitative estimate of drug-likeness (QED) is 0.355. The second kappa shape index (κ2) is 6.08. The first-order valence-corrected chi connectivity index (χ1v) is 5.63. The van der Waals surface area contributed by atoms with Gasteiger partial charge < -0.3 is 15.7 Å². The van der Waals surface area contributed by atoms with E-state index in [-0.39, 0.29) is 11.9 Å². The van der Waals surface area contributed by atoms with Gasteiger partial charge in [-0.15, -0.1) is 0 Å². The molecule has 0 saturated heterocycles. The van der Waals surface area contributed by atoms with E-state index in [1.165, 1.54) is 6.20 Å². The van der Waals surface area contributed by atoms with E-state index in [9.17, 15) is 0 Å². The predicted molar refractivity (Wildman–Crippen MR) is 66.3 cm³/mol. The molecular weight excluding hydrogens is 218 g/mol. The number of oxime groups is 1. The van der Waals surface area contributed by atoms with E-state index in [4.69, 9.17) is 15.7 Å². The Morgan fingerprint density at radius 2 is 2.18 bits per heavy atom. The molecule has 1 unspecified atom stereocenters. The van der Waals surface area contributed by atoms with Gasteiger partial charge in [0.1, 0.15) is 0 Å². The van der Waals surface area contributed by atoms with E-state index < -0.39 is 0 Å². The highest BCUT2D eigenvalue weighted by molar-refractivity contribution is 5.96. The molecule has 0 aliphatic rings.